The number of nitrogens with zero attached hydrogens (tertiary/aromatic N) is 3. The van der Waals surface area contributed by atoms with Gasteiger partial charge in [-0.15, -0.1) is 0 Å². The van der Waals surface area contributed by atoms with E-state index in [1.54, 1.807) is 18.3 Å². The van der Waals surface area contributed by atoms with Gasteiger partial charge in [0, 0.05) is 31.5 Å². The number of aromatic nitrogens is 2. The summed E-state index contributed by atoms with van der Waals surface area (Å²) in [4.78, 5) is 22.3. The molecule has 6 nitrogen and oxygen atoms in total. The second-order valence-electron chi connectivity index (χ2n) is 5.24. The number of aryl methyl sites for hydroxylation is 2. The molecule has 116 valence electrons. The first-order valence-corrected chi connectivity index (χ1v) is 6.89. The van der Waals surface area contributed by atoms with E-state index in [0.29, 0.717) is 11.5 Å². The molecule has 0 fully saturated rings. The maximum atomic E-state index is 11.6. The molecule has 0 aliphatic heterocycles. The van der Waals surface area contributed by atoms with Gasteiger partial charge in [0.15, 0.2) is 0 Å². The van der Waals surface area contributed by atoms with Crippen LogP contribution in [0.2, 0.25) is 0 Å². The first-order chi connectivity index (χ1) is 10.4. The molecule has 0 amide bonds. The second-order valence-corrected chi connectivity index (χ2v) is 5.24. The highest BCUT2D eigenvalue weighted by molar-refractivity contribution is 5.91. The third-order valence-electron chi connectivity index (χ3n) is 3.27. The van der Waals surface area contributed by atoms with Crippen molar-refractivity contribution in [2.75, 3.05) is 31.4 Å². The van der Waals surface area contributed by atoms with Crippen LogP contribution in [0.5, 0.6) is 0 Å². The van der Waals surface area contributed by atoms with E-state index in [9.17, 15) is 4.79 Å². The summed E-state index contributed by atoms with van der Waals surface area (Å²) in [7, 11) is 5.23. The van der Waals surface area contributed by atoms with E-state index in [1.807, 2.05) is 38.9 Å². The number of ether oxygens (including phenoxy) is 1. The highest BCUT2D eigenvalue weighted by atomic mass is 16.5. The fraction of sp³-hybridized carbons (Fsp3) is 0.312. The zero-order valence-electron chi connectivity index (χ0n) is 13.5. The van der Waals surface area contributed by atoms with Crippen LogP contribution < -0.4 is 10.2 Å². The Morgan fingerprint density at radius 2 is 1.95 bits per heavy atom. The van der Waals surface area contributed by atoms with Crippen LogP contribution in [-0.4, -0.2) is 37.1 Å². The molecule has 0 saturated heterocycles. The van der Waals surface area contributed by atoms with E-state index < -0.39 is 0 Å². The molecule has 0 bridgehead atoms. The summed E-state index contributed by atoms with van der Waals surface area (Å²) in [6.45, 7) is 3.91. The number of nitrogens with one attached hydrogen (secondary N) is 1. The highest BCUT2D eigenvalue weighted by Crippen LogP contribution is 2.22. The predicted octanol–water partition coefficient (Wildman–Crippen LogP) is 2.69. The molecule has 1 aromatic heterocycles. The average Bonchev–Trinajstić information content (AvgIpc) is 2.50. The van der Waals surface area contributed by atoms with Crippen molar-refractivity contribution in [3.63, 3.8) is 0 Å². The van der Waals surface area contributed by atoms with Gasteiger partial charge in [-0.3, -0.25) is 0 Å². The number of hydrogen-bond acceptors (Lipinski definition) is 6. The number of rotatable bonds is 4. The van der Waals surface area contributed by atoms with Crippen molar-refractivity contribution in [3.05, 3.63) is 41.1 Å². The van der Waals surface area contributed by atoms with Crippen molar-refractivity contribution in [2.24, 2.45) is 0 Å². The minimum atomic E-state index is -0.373. The molecule has 0 atom stereocenters. The molecule has 2 aromatic rings. The molecule has 1 N–H and O–H groups in total. The van der Waals surface area contributed by atoms with Crippen LogP contribution in [0.1, 0.15) is 21.5 Å². The Labute approximate surface area is 130 Å². The van der Waals surface area contributed by atoms with Gasteiger partial charge in [0.2, 0.25) is 5.95 Å². The normalized spacial score (nSPS) is 10.2. The summed E-state index contributed by atoms with van der Waals surface area (Å²) in [6.07, 6.45) is 1.77. The Bertz CT molecular complexity index is 699. The molecule has 2 rings (SSSR count). The number of hydrogen-bond donors (Lipinski definition) is 1. The van der Waals surface area contributed by atoms with Crippen LogP contribution in [0.3, 0.4) is 0 Å². The SMILES string of the molecule is COC(=O)c1ccc(C)c(Nc2ncc(C)c(N(C)C)n2)c1. The molecule has 1 aromatic carbocycles. The third kappa shape index (κ3) is 3.33. The lowest BCUT2D eigenvalue weighted by molar-refractivity contribution is 0.0601. The van der Waals surface area contributed by atoms with Gasteiger partial charge in [0.1, 0.15) is 5.82 Å². The standard InChI is InChI=1S/C16H20N4O2/c1-10-6-7-12(15(21)22-5)8-13(10)18-16-17-9-11(2)14(19-16)20(3)4/h6-9H,1-5H3,(H,17,18,19). The number of methoxy groups -OCH3 is 1. The predicted molar refractivity (Wildman–Crippen MR) is 86.9 cm³/mol. The Balaban J connectivity index is 2.34. The van der Waals surface area contributed by atoms with Crippen LogP contribution in [-0.2, 0) is 4.74 Å². The van der Waals surface area contributed by atoms with Crippen LogP contribution in [0.15, 0.2) is 24.4 Å². The molecule has 0 saturated carbocycles. The van der Waals surface area contributed by atoms with E-state index in [2.05, 4.69) is 15.3 Å². The molecule has 6 heteroatoms. The van der Waals surface area contributed by atoms with Gasteiger partial charge < -0.3 is 15.0 Å². The van der Waals surface area contributed by atoms with Crippen LogP contribution in [0.4, 0.5) is 17.5 Å². The molecule has 1 heterocycles. The topological polar surface area (TPSA) is 67.3 Å². The molecule has 22 heavy (non-hydrogen) atoms. The summed E-state index contributed by atoms with van der Waals surface area (Å²) < 4.78 is 4.74. The Hall–Kier alpha value is -2.63. The smallest absolute Gasteiger partial charge is 0.337 e. The van der Waals surface area contributed by atoms with Crippen molar-refractivity contribution >= 4 is 23.4 Å². The zero-order chi connectivity index (χ0) is 16.3. The Morgan fingerprint density at radius 3 is 2.59 bits per heavy atom. The molecule has 0 aliphatic rings. The molecular formula is C16H20N4O2. The second kappa shape index (κ2) is 6.43. The quantitative estimate of drug-likeness (QED) is 0.876. The third-order valence-corrected chi connectivity index (χ3v) is 3.27. The maximum Gasteiger partial charge on any atom is 0.337 e. The van der Waals surface area contributed by atoms with E-state index in [1.165, 1.54) is 7.11 Å². The van der Waals surface area contributed by atoms with Crippen LogP contribution >= 0.6 is 0 Å². The van der Waals surface area contributed by atoms with E-state index >= 15 is 0 Å². The lowest BCUT2D eigenvalue weighted by atomic mass is 10.1. The summed E-state index contributed by atoms with van der Waals surface area (Å²) in [5.74, 6) is 0.959. The Morgan fingerprint density at radius 1 is 1.23 bits per heavy atom. The van der Waals surface area contributed by atoms with E-state index in [-0.39, 0.29) is 5.97 Å². The largest absolute Gasteiger partial charge is 0.465 e. The summed E-state index contributed by atoms with van der Waals surface area (Å²) in [5.41, 5.74) is 3.24. The van der Waals surface area contributed by atoms with Gasteiger partial charge in [-0.05, 0) is 31.5 Å². The van der Waals surface area contributed by atoms with Gasteiger partial charge in [0.05, 0.1) is 12.7 Å². The summed E-state index contributed by atoms with van der Waals surface area (Å²) in [6, 6.07) is 5.32. The van der Waals surface area contributed by atoms with Crippen LogP contribution in [0.25, 0.3) is 0 Å². The molecular weight excluding hydrogens is 280 g/mol. The summed E-state index contributed by atoms with van der Waals surface area (Å²) >= 11 is 0. The Kier molecular flexibility index (Phi) is 4.60. The van der Waals surface area contributed by atoms with Crippen molar-refractivity contribution in [3.8, 4) is 0 Å². The number of carbonyl (C=O) groups is 1. The molecule has 0 radical (unpaired) electrons. The number of anilines is 3. The van der Waals surface area contributed by atoms with Crippen molar-refractivity contribution in [2.45, 2.75) is 13.8 Å². The maximum absolute atomic E-state index is 11.6. The molecule has 0 spiro atoms. The first-order valence-electron chi connectivity index (χ1n) is 6.89. The number of benzene rings is 1. The van der Waals surface area contributed by atoms with Gasteiger partial charge in [-0.1, -0.05) is 6.07 Å². The van der Waals surface area contributed by atoms with E-state index in [0.717, 1.165) is 22.6 Å². The minimum Gasteiger partial charge on any atom is -0.465 e. The van der Waals surface area contributed by atoms with Crippen molar-refractivity contribution in [1.29, 1.82) is 0 Å². The van der Waals surface area contributed by atoms with Gasteiger partial charge in [-0.25, -0.2) is 9.78 Å². The van der Waals surface area contributed by atoms with Gasteiger partial charge in [0.25, 0.3) is 0 Å². The minimum absolute atomic E-state index is 0.373. The number of carbonyl (C=O) groups excluding carboxylic acids is 1. The zero-order valence-corrected chi connectivity index (χ0v) is 13.5. The molecule has 0 unspecified atom stereocenters. The van der Waals surface area contributed by atoms with Crippen molar-refractivity contribution in [1.82, 2.24) is 9.97 Å². The van der Waals surface area contributed by atoms with E-state index in [4.69, 9.17) is 4.74 Å². The van der Waals surface area contributed by atoms with Gasteiger partial charge in [-0.2, -0.15) is 4.98 Å². The van der Waals surface area contributed by atoms with Gasteiger partial charge >= 0.3 is 5.97 Å². The average molecular weight is 300 g/mol. The van der Waals surface area contributed by atoms with Crippen LogP contribution in [0, 0.1) is 13.8 Å². The lowest BCUT2D eigenvalue weighted by Crippen LogP contribution is -2.14. The lowest BCUT2D eigenvalue weighted by Gasteiger charge is -2.16. The highest BCUT2D eigenvalue weighted by Gasteiger charge is 2.10. The summed E-state index contributed by atoms with van der Waals surface area (Å²) in [5, 5.41) is 3.16. The monoisotopic (exact) mass is 300 g/mol. The number of esters is 1. The van der Waals surface area contributed by atoms with Crippen molar-refractivity contribution < 1.29 is 9.53 Å². The fourth-order valence-electron chi connectivity index (χ4n) is 2.07. The fourth-order valence-corrected chi connectivity index (χ4v) is 2.07. The molecule has 0 aliphatic carbocycles. The first kappa shape index (κ1) is 15.8.